The number of benzene rings is 1. The summed E-state index contributed by atoms with van der Waals surface area (Å²) in [4.78, 5) is 10.9. The molecule has 21 heavy (non-hydrogen) atoms. The minimum absolute atomic E-state index is 0.0943. The van der Waals surface area contributed by atoms with E-state index in [1.807, 2.05) is 0 Å². The number of anilines is 1. The molecule has 0 radical (unpaired) electrons. The zero-order chi connectivity index (χ0) is 15.9. The van der Waals surface area contributed by atoms with E-state index in [1.165, 1.54) is 19.2 Å². The number of aromatic carboxylic acids is 1. The van der Waals surface area contributed by atoms with Crippen LogP contribution in [0.3, 0.4) is 0 Å². The van der Waals surface area contributed by atoms with Gasteiger partial charge in [0.2, 0.25) is 10.0 Å². The Labute approximate surface area is 123 Å². The molecule has 0 aliphatic rings. The average molecular weight is 314 g/mol. The number of nitrogens with one attached hydrogen (secondary N) is 2. The summed E-state index contributed by atoms with van der Waals surface area (Å²) < 4.78 is 31.6. The lowest BCUT2D eigenvalue weighted by atomic mass is 10.2. The number of carbonyl (C=O) groups is 1. The minimum Gasteiger partial charge on any atom is -0.478 e. The van der Waals surface area contributed by atoms with Gasteiger partial charge in [0, 0.05) is 20.2 Å². The normalized spacial score (nSPS) is 11.1. The molecule has 7 nitrogen and oxygen atoms in total. The van der Waals surface area contributed by atoms with Crippen LogP contribution in [0.5, 0.6) is 0 Å². The van der Waals surface area contributed by atoms with Crippen LogP contribution in [0.1, 0.15) is 10.4 Å². The first-order valence-corrected chi connectivity index (χ1v) is 7.61. The van der Waals surface area contributed by atoms with Crippen molar-refractivity contribution in [3.63, 3.8) is 0 Å². The third kappa shape index (κ3) is 4.85. The van der Waals surface area contributed by atoms with Gasteiger partial charge in [-0.05, 0) is 18.2 Å². The van der Waals surface area contributed by atoms with Gasteiger partial charge in [0.15, 0.2) is 0 Å². The molecule has 0 aliphatic carbocycles. The molecule has 0 saturated carbocycles. The molecule has 0 unspecified atom stereocenters. The fourth-order valence-electron chi connectivity index (χ4n) is 1.56. The van der Waals surface area contributed by atoms with Crippen molar-refractivity contribution in [2.75, 3.05) is 32.1 Å². The van der Waals surface area contributed by atoms with Gasteiger partial charge >= 0.3 is 5.97 Å². The number of carboxylic acids is 1. The molecule has 1 aromatic rings. The number of rotatable bonds is 9. The lowest BCUT2D eigenvalue weighted by Crippen LogP contribution is -2.28. The van der Waals surface area contributed by atoms with E-state index in [0.717, 1.165) is 6.07 Å². The van der Waals surface area contributed by atoms with Gasteiger partial charge in [0.05, 0.1) is 17.9 Å². The van der Waals surface area contributed by atoms with Gasteiger partial charge in [0.1, 0.15) is 4.90 Å². The van der Waals surface area contributed by atoms with E-state index in [0.29, 0.717) is 12.2 Å². The summed E-state index contributed by atoms with van der Waals surface area (Å²) >= 11 is 0. The van der Waals surface area contributed by atoms with Gasteiger partial charge in [-0.2, -0.15) is 0 Å². The summed E-state index contributed by atoms with van der Waals surface area (Å²) in [5.41, 5.74) is 0.205. The van der Waals surface area contributed by atoms with Gasteiger partial charge in [-0.15, -0.1) is 6.58 Å². The van der Waals surface area contributed by atoms with E-state index in [2.05, 4.69) is 16.6 Å². The molecule has 0 fully saturated rings. The second kappa shape index (κ2) is 7.77. The zero-order valence-corrected chi connectivity index (χ0v) is 12.4. The summed E-state index contributed by atoms with van der Waals surface area (Å²) in [5.74, 6) is -1.20. The molecule has 1 rings (SSSR count). The standard InChI is InChI=1S/C13H18N2O5S/c1-3-6-14-11-5-4-10(13(16)17)9-12(11)21(18,19)15-7-8-20-2/h3-5,9,14-15H,1,6-8H2,2H3,(H,16,17). The Bertz CT molecular complexity index is 613. The molecule has 0 atom stereocenters. The average Bonchev–Trinajstić information content (AvgIpc) is 2.45. The lowest BCUT2D eigenvalue weighted by Gasteiger charge is -2.13. The van der Waals surface area contributed by atoms with Crippen LogP contribution in [0.2, 0.25) is 0 Å². The fourth-order valence-corrected chi connectivity index (χ4v) is 2.78. The zero-order valence-electron chi connectivity index (χ0n) is 11.6. The summed E-state index contributed by atoms with van der Waals surface area (Å²) in [7, 11) is -2.38. The smallest absolute Gasteiger partial charge is 0.335 e. The first-order chi connectivity index (χ1) is 9.92. The number of methoxy groups -OCH3 is 1. The number of ether oxygens (including phenoxy) is 1. The van der Waals surface area contributed by atoms with Crippen molar-refractivity contribution in [2.45, 2.75) is 4.90 Å². The maximum Gasteiger partial charge on any atom is 0.335 e. The van der Waals surface area contributed by atoms with Crippen molar-refractivity contribution in [2.24, 2.45) is 0 Å². The molecule has 0 aromatic heterocycles. The molecule has 8 heteroatoms. The Balaban J connectivity index is 3.17. The SMILES string of the molecule is C=CCNc1ccc(C(=O)O)cc1S(=O)(=O)NCCOC. The van der Waals surface area contributed by atoms with Gasteiger partial charge in [-0.3, -0.25) is 0 Å². The number of hydrogen-bond donors (Lipinski definition) is 3. The van der Waals surface area contributed by atoms with Crippen LogP contribution in [0, 0.1) is 0 Å². The van der Waals surface area contributed by atoms with Crippen molar-refractivity contribution < 1.29 is 23.1 Å². The quantitative estimate of drug-likeness (QED) is 0.462. The molecule has 0 aliphatic heterocycles. The summed E-state index contributed by atoms with van der Waals surface area (Å²) in [6, 6.07) is 3.86. The van der Waals surface area contributed by atoms with Crippen LogP contribution < -0.4 is 10.0 Å². The molecule has 0 spiro atoms. The van der Waals surface area contributed by atoms with Crippen molar-refractivity contribution in [3.05, 3.63) is 36.4 Å². The predicted molar refractivity (Wildman–Crippen MR) is 79.2 cm³/mol. The third-order valence-corrected chi connectivity index (χ3v) is 4.05. The topological polar surface area (TPSA) is 105 Å². The summed E-state index contributed by atoms with van der Waals surface area (Å²) in [5, 5.41) is 11.8. The van der Waals surface area contributed by atoms with Crippen LogP contribution in [0.15, 0.2) is 35.7 Å². The van der Waals surface area contributed by atoms with Gasteiger partial charge < -0.3 is 15.2 Å². The molecule has 0 bridgehead atoms. The van der Waals surface area contributed by atoms with E-state index < -0.39 is 16.0 Å². The van der Waals surface area contributed by atoms with Gasteiger partial charge in [-0.25, -0.2) is 17.9 Å². The molecule has 3 N–H and O–H groups in total. The maximum absolute atomic E-state index is 12.2. The van der Waals surface area contributed by atoms with Crippen molar-refractivity contribution in [1.82, 2.24) is 4.72 Å². The fraction of sp³-hybridized carbons (Fsp3) is 0.308. The number of sulfonamides is 1. The molecule has 1 aromatic carbocycles. The Morgan fingerprint density at radius 2 is 2.19 bits per heavy atom. The molecule has 0 saturated heterocycles. The highest BCUT2D eigenvalue weighted by Crippen LogP contribution is 2.22. The van der Waals surface area contributed by atoms with E-state index in [9.17, 15) is 13.2 Å². The van der Waals surface area contributed by atoms with Gasteiger partial charge in [0.25, 0.3) is 0 Å². The van der Waals surface area contributed by atoms with Gasteiger partial charge in [-0.1, -0.05) is 6.08 Å². The van der Waals surface area contributed by atoms with Crippen LogP contribution in [0.4, 0.5) is 5.69 Å². The maximum atomic E-state index is 12.2. The molecule has 0 amide bonds. The Hall–Kier alpha value is -1.90. The van der Waals surface area contributed by atoms with E-state index >= 15 is 0 Å². The van der Waals surface area contributed by atoms with Crippen molar-refractivity contribution >= 4 is 21.7 Å². The lowest BCUT2D eigenvalue weighted by molar-refractivity contribution is 0.0696. The van der Waals surface area contributed by atoms with Crippen molar-refractivity contribution in [1.29, 1.82) is 0 Å². The number of carboxylic acid groups (broad SMARTS) is 1. The Morgan fingerprint density at radius 1 is 1.48 bits per heavy atom. The summed E-state index contributed by atoms with van der Waals surface area (Å²) in [6.45, 7) is 4.20. The number of hydrogen-bond acceptors (Lipinski definition) is 5. The Kier molecular flexibility index (Phi) is 6.35. The first kappa shape index (κ1) is 17.2. The minimum atomic E-state index is -3.84. The monoisotopic (exact) mass is 314 g/mol. The van der Waals surface area contributed by atoms with E-state index in [-0.39, 0.29) is 23.6 Å². The van der Waals surface area contributed by atoms with Crippen molar-refractivity contribution in [3.8, 4) is 0 Å². The molecule has 116 valence electrons. The highest BCUT2D eigenvalue weighted by Gasteiger charge is 2.20. The summed E-state index contributed by atoms with van der Waals surface area (Å²) in [6.07, 6.45) is 1.57. The van der Waals surface area contributed by atoms with E-state index in [4.69, 9.17) is 9.84 Å². The highest BCUT2D eigenvalue weighted by atomic mass is 32.2. The molecular weight excluding hydrogens is 296 g/mol. The van der Waals surface area contributed by atoms with E-state index in [1.54, 1.807) is 6.08 Å². The largest absolute Gasteiger partial charge is 0.478 e. The molecule has 0 heterocycles. The second-order valence-corrected chi connectivity index (χ2v) is 5.81. The highest BCUT2D eigenvalue weighted by molar-refractivity contribution is 7.89. The van der Waals surface area contributed by atoms with Crippen LogP contribution in [-0.2, 0) is 14.8 Å². The second-order valence-electron chi connectivity index (χ2n) is 4.08. The Morgan fingerprint density at radius 3 is 2.76 bits per heavy atom. The molecular formula is C13H18N2O5S. The third-order valence-electron chi connectivity index (χ3n) is 2.55. The van der Waals surface area contributed by atoms with Crippen LogP contribution in [-0.4, -0.2) is 46.3 Å². The van der Waals surface area contributed by atoms with Crippen LogP contribution in [0.25, 0.3) is 0 Å². The first-order valence-electron chi connectivity index (χ1n) is 6.13. The predicted octanol–water partition coefficient (Wildman–Crippen LogP) is 0.907. The van der Waals surface area contributed by atoms with Crippen LogP contribution >= 0.6 is 0 Å².